The highest BCUT2D eigenvalue weighted by atomic mass is 19.4. The van der Waals surface area contributed by atoms with E-state index in [9.17, 15) is 35.5 Å². The molecule has 0 saturated carbocycles. The maximum Gasteiger partial charge on any atom is 0.416 e. The van der Waals surface area contributed by atoms with Crippen LogP contribution in [0.15, 0.2) is 42.5 Å². The van der Waals surface area contributed by atoms with E-state index in [-0.39, 0.29) is 11.6 Å². The van der Waals surface area contributed by atoms with Crippen LogP contribution >= 0.6 is 0 Å². The number of nitrogens with one attached hydrogen (secondary N) is 2. The summed E-state index contributed by atoms with van der Waals surface area (Å²) >= 11 is 0. The number of nitrogens with zero attached hydrogens (tertiary/aromatic N) is 1. The molecule has 1 fully saturated rings. The number of rotatable bonds is 8. The number of piperidine rings is 1. The number of halogens is 7. The zero-order chi connectivity index (χ0) is 25.6. The van der Waals surface area contributed by atoms with Gasteiger partial charge in [-0.15, -0.1) is 0 Å². The molecule has 1 atom stereocenters. The second-order valence-corrected chi connectivity index (χ2v) is 8.47. The first-order chi connectivity index (χ1) is 16.4. The number of carbonyl (C=O) groups excluding carboxylic acids is 1. The van der Waals surface area contributed by atoms with Gasteiger partial charge in [0, 0.05) is 19.6 Å². The molecule has 2 aromatic carbocycles. The van der Waals surface area contributed by atoms with Crippen LogP contribution < -0.4 is 10.6 Å². The molecule has 4 nitrogen and oxygen atoms in total. The number of benzene rings is 2. The van der Waals surface area contributed by atoms with Crippen LogP contribution in [0.2, 0.25) is 0 Å². The molecule has 0 radical (unpaired) electrons. The third-order valence-electron chi connectivity index (χ3n) is 5.80. The summed E-state index contributed by atoms with van der Waals surface area (Å²) in [5.41, 5.74) is -2.83. The van der Waals surface area contributed by atoms with Gasteiger partial charge < -0.3 is 15.5 Å². The van der Waals surface area contributed by atoms with Gasteiger partial charge in [0.1, 0.15) is 11.9 Å². The van der Waals surface area contributed by atoms with E-state index in [1.807, 2.05) is 0 Å². The Morgan fingerprint density at radius 3 is 2.00 bits per heavy atom. The predicted octanol–water partition coefficient (Wildman–Crippen LogP) is 5.30. The van der Waals surface area contributed by atoms with Gasteiger partial charge in [0.05, 0.1) is 11.1 Å². The van der Waals surface area contributed by atoms with Crippen molar-refractivity contribution in [2.24, 2.45) is 0 Å². The van der Waals surface area contributed by atoms with E-state index in [1.54, 1.807) is 0 Å². The average molecular weight is 505 g/mol. The first-order valence-electron chi connectivity index (χ1n) is 11.2. The molecule has 1 aliphatic heterocycles. The molecule has 1 heterocycles. The molecule has 1 saturated heterocycles. The van der Waals surface area contributed by atoms with Crippen LogP contribution in [-0.2, 0) is 23.7 Å². The lowest BCUT2D eigenvalue weighted by atomic mass is 10.0. The second-order valence-electron chi connectivity index (χ2n) is 8.47. The minimum atomic E-state index is -4.98. The van der Waals surface area contributed by atoms with Crippen molar-refractivity contribution >= 4 is 5.91 Å². The molecule has 2 N–H and O–H groups in total. The molecule has 0 aliphatic carbocycles. The van der Waals surface area contributed by atoms with E-state index in [4.69, 9.17) is 0 Å². The SMILES string of the molecule is O=C(NCc1cc(C(F)(F)F)cc(C(F)(F)F)c1)[C@@H](NCCN1CCCCC1)c1ccc(F)cc1. The molecule has 11 heteroatoms. The maximum atomic E-state index is 13.4. The van der Waals surface area contributed by atoms with Crippen LogP contribution in [0.1, 0.15) is 47.6 Å². The van der Waals surface area contributed by atoms with Gasteiger partial charge in [-0.1, -0.05) is 18.6 Å². The van der Waals surface area contributed by atoms with Crippen molar-refractivity contribution in [1.82, 2.24) is 15.5 Å². The van der Waals surface area contributed by atoms with Crippen LogP contribution in [0.5, 0.6) is 0 Å². The zero-order valence-corrected chi connectivity index (χ0v) is 18.8. The van der Waals surface area contributed by atoms with E-state index in [2.05, 4.69) is 15.5 Å². The molecule has 1 aliphatic rings. The van der Waals surface area contributed by atoms with Crippen LogP contribution in [0, 0.1) is 5.82 Å². The summed E-state index contributed by atoms with van der Waals surface area (Å²) in [6.45, 7) is 2.40. The third kappa shape index (κ3) is 7.93. The normalized spacial score (nSPS) is 16.2. The van der Waals surface area contributed by atoms with Crippen molar-refractivity contribution in [3.63, 3.8) is 0 Å². The summed E-state index contributed by atoms with van der Waals surface area (Å²) in [6, 6.07) is 5.37. The predicted molar refractivity (Wildman–Crippen MR) is 116 cm³/mol. The Kier molecular flexibility index (Phi) is 8.76. The first kappa shape index (κ1) is 26.9. The van der Waals surface area contributed by atoms with E-state index < -0.39 is 47.8 Å². The Bertz CT molecular complexity index is 952. The van der Waals surface area contributed by atoms with E-state index in [0.717, 1.165) is 32.4 Å². The Balaban J connectivity index is 1.73. The standard InChI is InChI=1S/C24H26F7N3O/c25-20-6-4-17(5-7-20)21(32-8-11-34-9-2-1-3-10-34)22(35)33-15-16-12-18(23(26,27)28)14-19(13-16)24(29,30)31/h4-7,12-14,21,32H,1-3,8-11,15H2,(H,33,35)/t21-/m0/s1. The van der Waals surface area contributed by atoms with Crippen LogP contribution in [0.3, 0.4) is 0 Å². The number of hydrogen-bond donors (Lipinski definition) is 2. The highest BCUT2D eigenvalue weighted by molar-refractivity contribution is 5.83. The first-order valence-corrected chi connectivity index (χ1v) is 11.2. The highest BCUT2D eigenvalue weighted by Crippen LogP contribution is 2.36. The summed E-state index contributed by atoms with van der Waals surface area (Å²) in [6.07, 6.45) is -6.63. The summed E-state index contributed by atoms with van der Waals surface area (Å²) in [5.74, 6) is -1.16. The van der Waals surface area contributed by atoms with Gasteiger partial charge in [0.25, 0.3) is 0 Å². The lowest BCUT2D eigenvalue weighted by Gasteiger charge is -2.27. The molecule has 3 rings (SSSR count). The molecule has 1 amide bonds. The molecule has 0 unspecified atom stereocenters. The fourth-order valence-corrected chi connectivity index (χ4v) is 3.98. The third-order valence-corrected chi connectivity index (χ3v) is 5.80. The molecule has 0 aromatic heterocycles. The Morgan fingerprint density at radius 1 is 0.886 bits per heavy atom. The number of likely N-dealkylation sites (tertiary alicyclic amines) is 1. The molecular weight excluding hydrogens is 479 g/mol. The number of alkyl halides is 6. The quantitative estimate of drug-likeness (QED) is 0.479. The molecule has 0 spiro atoms. The largest absolute Gasteiger partial charge is 0.416 e. The van der Waals surface area contributed by atoms with Gasteiger partial charge in [0.15, 0.2) is 0 Å². The van der Waals surface area contributed by atoms with Crippen molar-refractivity contribution in [3.8, 4) is 0 Å². The minimum Gasteiger partial charge on any atom is -0.350 e. The van der Waals surface area contributed by atoms with E-state index in [0.29, 0.717) is 30.8 Å². The fraction of sp³-hybridized carbons (Fsp3) is 0.458. The van der Waals surface area contributed by atoms with E-state index in [1.165, 1.54) is 24.3 Å². The van der Waals surface area contributed by atoms with E-state index >= 15 is 0 Å². The van der Waals surface area contributed by atoms with Crippen LogP contribution in [0.25, 0.3) is 0 Å². The molecule has 192 valence electrons. The van der Waals surface area contributed by atoms with Crippen molar-refractivity contribution < 1.29 is 35.5 Å². The summed E-state index contributed by atoms with van der Waals surface area (Å²) in [4.78, 5) is 15.2. The summed E-state index contributed by atoms with van der Waals surface area (Å²) < 4.78 is 92.0. The lowest BCUT2D eigenvalue weighted by Crippen LogP contribution is -2.41. The van der Waals surface area contributed by atoms with Gasteiger partial charge in [-0.3, -0.25) is 4.79 Å². The highest BCUT2D eigenvalue weighted by Gasteiger charge is 2.37. The average Bonchev–Trinajstić information content (AvgIpc) is 2.80. The molecule has 35 heavy (non-hydrogen) atoms. The Morgan fingerprint density at radius 2 is 1.46 bits per heavy atom. The van der Waals surface area contributed by atoms with Gasteiger partial charge in [-0.05, 0) is 67.4 Å². The van der Waals surface area contributed by atoms with Crippen molar-refractivity contribution in [3.05, 3.63) is 70.5 Å². The monoisotopic (exact) mass is 505 g/mol. The van der Waals surface area contributed by atoms with Gasteiger partial charge in [0.2, 0.25) is 5.91 Å². The summed E-state index contributed by atoms with van der Waals surface area (Å²) in [5, 5.41) is 5.49. The van der Waals surface area contributed by atoms with Crippen LogP contribution in [0.4, 0.5) is 30.7 Å². The number of carbonyl (C=O) groups is 1. The zero-order valence-electron chi connectivity index (χ0n) is 18.8. The smallest absolute Gasteiger partial charge is 0.350 e. The van der Waals surface area contributed by atoms with Gasteiger partial charge in [-0.2, -0.15) is 26.3 Å². The minimum absolute atomic E-state index is 0.0365. The maximum absolute atomic E-state index is 13.4. The molecule has 0 bridgehead atoms. The van der Waals surface area contributed by atoms with Crippen molar-refractivity contribution in [2.45, 2.75) is 44.2 Å². The number of amides is 1. The number of hydrogen-bond acceptors (Lipinski definition) is 3. The second kappa shape index (κ2) is 11.4. The van der Waals surface area contributed by atoms with Gasteiger partial charge in [-0.25, -0.2) is 4.39 Å². The topological polar surface area (TPSA) is 44.4 Å². The summed E-state index contributed by atoms with van der Waals surface area (Å²) in [7, 11) is 0. The van der Waals surface area contributed by atoms with Crippen LogP contribution in [-0.4, -0.2) is 37.0 Å². The van der Waals surface area contributed by atoms with Gasteiger partial charge >= 0.3 is 12.4 Å². The lowest BCUT2D eigenvalue weighted by molar-refractivity contribution is -0.143. The van der Waals surface area contributed by atoms with Crippen molar-refractivity contribution in [1.29, 1.82) is 0 Å². The van der Waals surface area contributed by atoms with Crippen molar-refractivity contribution in [2.75, 3.05) is 26.2 Å². The fourth-order valence-electron chi connectivity index (χ4n) is 3.98. The molecule has 2 aromatic rings. The molecular formula is C24H26F7N3O. The Hall–Kier alpha value is -2.66. The Labute approximate surface area is 198 Å².